The van der Waals surface area contributed by atoms with E-state index in [0.717, 1.165) is 24.8 Å². The number of anilines is 1. The lowest BCUT2D eigenvalue weighted by atomic mass is 10.1. The van der Waals surface area contributed by atoms with Gasteiger partial charge in [0.1, 0.15) is 12.6 Å². The third-order valence-electron chi connectivity index (χ3n) is 6.16. The zero-order chi connectivity index (χ0) is 29.7. The molecule has 0 bridgehead atoms. The van der Waals surface area contributed by atoms with Gasteiger partial charge in [0, 0.05) is 21.5 Å². The normalized spacial score (nSPS) is 12.5. The number of benzene rings is 3. The van der Waals surface area contributed by atoms with E-state index in [2.05, 4.69) is 21.2 Å². The van der Waals surface area contributed by atoms with Crippen LogP contribution in [-0.2, 0) is 26.2 Å². The molecule has 0 saturated carbocycles. The molecular formula is C30H36BrN3O4S2. The first-order chi connectivity index (χ1) is 18.7. The van der Waals surface area contributed by atoms with E-state index in [0.29, 0.717) is 5.69 Å². The molecule has 3 rings (SSSR count). The van der Waals surface area contributed by atoms with E-state index >= 15 is 0 Å². The number of thioether (sulfide) groups is 1. The minimum atomic E-state index is -4.11. The van der Waals surface area contributed by atoms with Gasteiger partial charge in [-0.05, 0) is 95.0 Å². The standard InChI is InChI=1S/C30H36BrN3O4S2/c1-21-10-12-25(13-11-21)34(40(37,38)27-16-14-26(39-6)15-17-27)20-28(35)33(19-23-8-7-9-24(31)18-23)22(2)29(36)32-30(3,4)5/h7-18,22H,19-20H2,1-6H3,(H,32,36)/t22-/m1/s1. The van der Waals surface area contributed by atoms with Crippen molar-refractivity contribution in [2.24, 2.45) is 0 Å². The van der Waals surface area contributed by atoms with E-state index in [1.165, 1.54) is 16.7 Å². The summed E-state index contributed by atoms with van der Waals surface area (Å²) in [6.07, 6.45) is 1.91. The van der Waals surface area contributed by atoms with Crippen LogP contribution in [0.2, 0.25) is 0 Å². The molecule has 3 aromatic rings. The summed E-state index contributed by atoms with van der Waals surface area (Å²) in [5.41, 5.74) is 1.62. The highest BCUT2D eigenvalue weighted by Gasteiger charge is 2.33. The second kappa shape index (κ2) is 13.2. The van der Waals surface area contributed by atoms with Crippen LogP contribution < -0.4 is 9.62 Å². The highest BCUT2D eigenvalue weighted by Crippen LogP contribution is 2.27. The lowest BCUT2D eigenvalue weighted by molar-refractivity contribution is -0.140. The van der Waals surface area contributed by atoms with Crippen LogP contribution in [0.3, 0.4) is 0 Å². The predicted octanol–water partition coefficient (Wildman–Crippen LogP) is 6.01. The van der Waals surface area contributed by atoms with E-state index in [-0.39, 0.29) is 17.3 Å². The average Bonchev–Trinajstić information content (AvgIpc) is 2.89. The fourth-order valence-electron chi connectivity index (χ4n) is 4.00. The molecule has 0 saturated heterocycles. The molecule has 0 aliphatic carbocycles. The summed E-state index contributed by atoms with van der Waals surface area (Å²) in [6.45, 7) is 8.81. The molecule has 214 valence electrons. The lowest BCUT2D eigenvalue weighted by Gasteiger charge is -2.33. The number of halogens is 1. The van der Waals surface area contributed by atoms with Crippen molar-refractivity contribution in [3.8, 4) is 0 Å². The molecule has 10 heteroatoms. The molecule has 0 fully saturated rings. The summed E-state index contributed by atoms with van der Waals surface area (Å²) in [5, 5.41) is 2.93. The van der Waals surface area contributed by atoms with Crippen molar-refractivity contribution in [1.82, 2.24) is 10.2 Å². The van der Waals surface area contributed by atoms with Gasteiger partial charge < -0.3 is 10.2 Å². The van der Waals surface area contributed by atoms with E-state index in [1.807, 2.05) is 58.2 Å². The lowest BCUT2D eigenvalue weighted by Crippen LogP contribution is -2.54. The quantitative estimate of drug-likeness (QED) is 0.273. The molecule has 0 aliphatic rings. The minimum Gasteiger partial charge on any atom is -0.350 e. The molecule has 40 heavy (non-hydrogen) atoms. The van der Waals surface area contributed by atoms with Gasteiger partial charge >= 0.3 is 0 Å². The van der Waals surface area contributed by atoms with E-state index in [9.17, 15) is 18.0 Å². The highest BCUT2D eigenvalue weighted by atomic mass is 79.9. The fraction of sp³-hybridized carbons (Fsp3) is 0.333. The van der Waals surface area contributed by atoms with Crippen molar-refractivity contribution >= 4 is 55.2 Å². The number of carbonyl (C=O) groups excluding carboxylic acids is 2. The zero-order valence-corrected chi connectivity index (χ0v) is 26.9. The summed E-state index contributed by atoms with van der Waals surface area (Å²) < 4.78 is 29.8. The number of nitrogens with zero attached hydrogens (tertiary/aromatic N) is 2. The molecule has 0 aliphatic heterocycles. The van der Waals surface area contributed by atoms with Crippen LogP contribution in [0.1, 0.15) is 38.8 Å². The molecule has 3 aromatic carbocycles. The maximum atomic E-state index is 14.0. The fourth-order valence-corrected chi connectivity index (χ4v) is 6.27. The first-order valence-electron chi connectivity index (χ1n) is 12.8. The van der Waals surface area contributed by atoms with E-state index in [4.69, 9.17) is 0 Å². The van der Waals surface area contributed by atoms with Crippen LogP contribution in [-0.4, -0.2) is 49.5 Å². The van der Waals surface area contributed by atoms with Gasteiger partial charge in [-0.25, -0.2) is 8.42 Å². The molecule has 0 heterocycles. The SMILES string of the molecule is CSc1ccc(S(=O)(=O)N(CC(=O)N(Cc2cccc(Br)c2)[C@H](C)C(=O)NC(C)(C)C)c2ccc(C)cc2)cc1. The molecule has 0 aromatic heterocycles. The number of carbonyl (C=O) groups is 2. The van der Waals surface area contributed by atoms with Crippen LogP contribution in [0.25, 0.3) is 0 Å². The highest BCUT2D eigenvalue weighted by molar-refractivity contribution is 9.10. The summed E-state index contributed by atoms with van der Waals surface area (Å²) in [4.78, 5) is 29.6. The maximum absolute atomic E-state index is 14.0. The maximum Gasteiger partial charge on any atom is 0.264 e. The molecule has 0 spiro atoms. The number of amides is 2. The topological polar surface area (TPSA) is 86.8 Å². The Balaban J connectivity index is 2.03. The van der Waals surface area contributed by atoms with Crippen molar-refractivity contribution in [2.45, 2.75) is 62.5 Å². The Bertz CT molecular complexity index is 1440. The number of aryl methyl sites for hydroxylation is 1. The Labute approximate surface area is 250 Å². The van der Waals surface area contributed by atoms with Gasteiger partial charge in [0.15, 0.2) is 0 Å². The first-order valence-corrected chi connectivity index (χ1v) is 16.3. The molecule has 1 atom stereocenters. The summed E-state index contributed by atoms with van der Waals surface area (Å²) in [5.74, 6) is -0.824. The van der Waals surface area contributed by atoms with E-state index in [1.54, 1.807) is 55.5 Å². The van der Waals surface area contributed by atoms with Gasteiger partial charge in [-0.15, -0.1) is 11.8 Å². The average molecular weight is 647 g/mol. The van der Waals surface area contributed by atoms with Crippen molar-refractivity contribution in [2.75, 3.05) is 17.1 Å². The predicted molar refractivity (Wildman–Crippen MR) is 166 cm³/mol. The van der Waals surface area contributed by atoms with E-state index < -0.39 is 34.1 Å². The van der Waals surface area contributed by atoms with Crippen LogP contribution in [0, 0.1) is 6.92 Å². The monoisotopic (exact) mass is 645 g/mol. The molecular weight excluding hydrogens is 610 g/mol. The van der Waals surface area contributed by atoms with Gasteiger partial charge in [0.2, 0.25) is 11.8 Å². The van der Waals surface area contributed by atoms with Crippen LogP contribution >= 0.6 is 27.7 Å². The Morgan fingerprint density at radius 1 is 1.00 bits per heavy atom. The van der Waals surface area contributed by atoms with Crippen molar-refractivity contribution in [3.05, 3.63) is 88.4 Å². The zero-order valence-electron chi connectivity index (χ0n) is 23.6. The number of sulfonamides is 1. The Hall–Kier alpha value is -2.82. The van der Waals surface area contributed by atoms with Crippen molar-refractivity contribution < 1.29 is 18.0 Å². The van der Waals surface area contributed by atoms with Gasteiger partial charge in [0.25, 0.3) is 10.0 Å². The second-order valence-corrected chi connectivity index (χ2v) is 14.2. The first kappa shape index (κ1) is 31.7. The Morgan fingerprint density at radius 3 is 2.17 bits per heavy atom. The number of nitrogens with one attached hydrogen (secondary N) is 1. The van der Waals surface area contributed by atoms with Crippen molar-refractivity contribution in [3.63, 3.8) is 0 Å². The Morgan fingerprint density at radius 2 is 1.62 bits per heavy atom. The smallest absolute Gasteiger partial charge is 0.264 e. The van der Waals surface area contributed by atoms with Gasteiger partial charge in [-0.3, -0.25) is 13.9 Å². The molecule has 0 unspecified atom stereocenters. The van der Waals surface area contributed by atoms with Gasteiger partial charge in [-0.2, -0.15) is 0 Å². The summed E-state index contributed by atoms with van der Waals surface area (Å²) >= 11 is 4.97. The van der Waals surface area contributed by atoms with Crippen LogP contribution in [0.15, 0.2) is 87.1 Å². The molecule has 7 nitrogen and oxygen atoms in total. The molecule has 0 radical (unpaired) electrons. The van der Waals surface area contributed by atoms with Gasteiger partial charge in [-0.1, -0.05) is 45.8 Å². The third kappa shape index (κ3) is 8.34. The van der Waals surface area contributed by atoms with Crippen molar-refractivity contribution in [1.29, 1.82) is 0 Å². The van der Waals surface area contributed by atoms with Crippen LogP contribution in [0.5, 0.6) is 0 Å². The molecule has 1 N–H and O–H groups in total. The third-order valence-corrected chi connectivity index (χ3v) is 9.18. The van der Waals surface area contributed by atoms with Crippen LogP contribution in [0.4, 0.5) is 5.69 Å². The van der Waals surface area contributed by atoms with Gasteiger partial charge in [0.05, 0.1) is 10.6 Å². The molecule has 2 amide bonds. The minimum absolute atomic E-state index is 0.0794. The largest absolute Gasteiger partial charge is 0.350 e. The number of hydrogen-bond donors (Lipinski definition) is 1. The number of rotatable bonds is 10. The summed E-state index contributed by atoms with van der Waals surface area (Å²) in [7, 11) is -4.11. The second-order valence-electron chi connectivity index (χ2n) is 10.6. The number of hydrogen-bond acceptors (Lipinski definition) is 5. The summed E-state index contributed by atoms with van der Waals surface area (Å²) in [6, 6.07) is 20.2. The Kier molecular flexibility index (Phi) is 10.5.